The van der Waals surface area contributed by atoms with E-state index >= 15 is 0 Å². The van der Waals surface area contributed by atoms with Gasteiger partial charge >= 0.3 is 0 Å². The Morgan fingerprint density at radius 3 is 1.85 bits per heavy atom. The number of hydrogen-bond donors (Lipinski definition) is 0. The summed E-state index contributed by atoms with van der Waals surface area (Å²) in [6, 6.07) is 67.2. The van der Waals surface area contributed by atoms with Crippen LogP contribution < -0.4 is 0 Å². The molecule has 0 atom stereocenters. The zero-order valence-electron chi connectivity index (χ0n) is 31.5. The van der Waals surface area contributed by atoms with Crippen LogP contribution in [-0.4, -0.2) is 19.1 Å². The quantitative estimate of drug-likeness (QED) is 0.175. The Hall–Kier alpha value is -8.27. The molecule has 4 aromatic heterocycles. The van der Waals surface area contributed by atoms with Crippen molar-refractivity contribution in [1.82, 2.24) is 19.1 Å². The number of fused-ring (bicyclic) bond motifs is 9. The van der Waals surface area contributed by atoms with Crippen molar-refractivity contribution in [2.24, 2.45) is 0 Å². The molecule has 59 heavy (non-hydrogen) atoms. The molecule has 0 amide bonds. The van der Waals surface area contributed by atoms with Crippen molar-refractivity contribution in [3.05, 3.63) is 194 Å². The monoisotopic (exact) mass is 753 g/mol. The molecule has 0 radical (unpaired) electrons. The Morgan fingerprint density at radius 2 is 1.02 bits per heavy atom. The number of hydrogen-bond acceptors (Lipinski definition) is 4. The summed E-state index contributed by atoms with van der Waals surface area (Å²) in [7, 11) is 0. The second-order valence-corrected chi connectivity index (χ2v) is 14.9. The summed E-state index contributed by atoms with van der Waals surface area (Å²) >= 11 is 0. The number of nitrogens with zero attached hydrogens (tertiary/aromatic N) is 5. The Balaban J connectivity index is 1.07. The molecular formula is C53H31N5O. The first-order valence-corrected chi connectivity index (χ1v) is 19.6. The van der Waals surface area contributed by atoms with Crippen molar-refractivity contribution in [3.63, 3.8) is 0 Å². The second-order valence-electron chi connectivity index (χ2n) is 14.9. The van der Waals surface area contributed by atoms with E-state index in [4.69, 9.17) is 14.4 Å². The molecule has 274 valence electrons. The minimum Gasteiger partial charge on any atom is -0.454 e. The van der Waals surface area contributed by atoms with Gasteiger partial charge in [0.25, 0.3) is 0 Å². The summed E-state index contributed by atoms with van der Waals surface area (Å²) in [5.74, 6) is 0.561. The fourth-order valence-corrected chi connectivity index (χ4v) is 8.87. The van der Waals surface area contributed by atoms with Gasteiger partial charge in [0.1, 0.15) is 5.58 Å². The largest absolute Gasteiger partial charge is 0.454 e. The molecule has 4 heterocycles. The summed E-state index contributed by atoms with van der Waals surface area (Å²) in [6.07, 6.45) is 0. The molecule has 6 nitrogen and oxygen atoms in total. The number of nitriles is 1. The minimum atomic E-state index is 0.561. The fraction of sp³-hybridized carbons (Fsp3) is 0. The van der Waals surface area contributed by atoms with Crippen LogP contribution in [0.1, 0.15) is 5.56 Å². The number of furan rings is 1. The van der Waals surface area contributed by atoms with Gasteiger partial charge in [-0.25, -0.2) is 9.97 Å². The maximum atomic E-state index is 9.74. The summed E-state index contributed by atoms with van der Waals surface area (Å²) < 4.78 is 11.1. The van der Waals surface area contributed by atoms with Crippen molar-refractivity contribution < 1.29 is 4.42 Å². The summed E-state index contributed by atoms with van der Waals surface area (Å²) in [4.78, 5) is 10.5. The average Bonchev–Trinajstić information content (AvgIpc) is 3.96. The van der Waals surface area contributed by atoms with Crippen LogP contribution in [-0.2, 0) is 0 Å². The predicted molar refractivity (Wildman–Crippen MR) is 239 cm³/mol. The topological polar surface area (TPSA) is 72.6 Å². The molecular weight excluding hydrogens is 723 g/mol. The van der Waals surface area contributed by atoms with E-state index in [-0.39, 0.29) is 0 Å². The number of aromatic nitrogens is 4. The van der Waals surface area contributed by atoms with Gasteiger partial charge in [-0.1, -0.05) is 127 Å². The van der Waals surface area contributed by atoms with Gasteiger partial charge in [-0.15, -0.1) is 0 Å². The van der Waals surface area contributed by atoms with E-state index in [2.05, 4.69) is 143 Å². The zero-order chi connectivity index (χ0) is 39.0. The highest BCUT2D eigenvalue weighted by Gasteiger charge is 2.20. The smallest absolute Gasteiger partial charge is 0.235 e. The summed E-state index contributed by atoms with van der Waals surface area (Å²) in [5, 5.41) is 16.5. The zero-order valence-corrected chi connectivity index (χ0v) is 31.5. The van der Waals surface area contributed by atoms with Crippen LogP contribution in [0, 0.1) is 11.3 Å². The Bertz CT molecular complexity index is 3700. The third-order valence-corrected chi connectivity index (χ3v) is 11.6. The molecule has 12 rings (SSSR count). The van der Waals surface area contributed by atoms with E-state index in [1.165, 1.54) is 5.39 Å². The van der Waals surface area contributed by atoms with Crippen LogP contribution in [0.25, 0.3) is 111 Å². The van der Waals surface area contributed by atoms with Gasteiger partial charge in [0.05, 0.1) is 50.8 Å². The standard InChI is InChI=1S/C53H31N5O/c54-32-33-12-10-15-37(28-33)45-31-44(34-13-2-1-3-14-34)55-53(56-45)58-47-21-8-4-16-38(47)40-26-24-36(30-50(40)58)35-25-27-48-43(29-35)39-17-5-7-20-46(39)57(48)49-22-11-19-42-41-18-6-9-23-51(41)59-52(42)49/h1-31H. The summed E-state index contributed by atoms with van der Waals surface area (Å²) in [6.45, 7) is 0. The Morgan fingerprint density at radius 1 is 0.407 bits per heavy atom. The maximum absolute atomic E-state index is 9.74. The number of para-hydroxylation sites is 4. The van der Waals surface area contributed by atoms with Crippen molar-refractivity contribution in [2.75, 3.05) is 0 Å². The molecule has 6 heteroatoms. The molecule has 0 aliphatic rings. The van der Waals surface area contributed by atoms with Crippen LogP contribution in [0.4, 0.5) is 0 Å². The molecule has 0 N–H and O–H groups in total. The Labute approximate surface area is 338 Å². The maximum Gasteiger partial charge on any atom is 0.235 e. The Kier molecular flexibility index (Phi) is 7.19. The lowest BCUT2D eigenvalue weighted by molar-refractivity contribution is 0.666. The highest BCUT2D eigenvalue weighted by Crippen LogP contribution is 2.41. The average molecular weight is 754 g/mol. The van der Waals surface area contributed by atoms with Gasteiger partial charge in [0, 0.05) is 43.4 Å². The molecule has 0 spiro atoms. The lowest BCUT2D eigenvalue weighted by Gasteiger charge is -2.12. The van der Waals surface area contributed by atoms with Crippen molar-refractivity contribution in [2.45, 2.75) is 0 Å². The van der Waals surface area contributed by atoms with Gasteiger partial charge in [0.15, 0.2) is 5.58 Å². The van der Waals surface area contributed by atoms with Crippen molar-refractivity contribution in [1.29, 1.82) is 5.26 Å². The number of rotatable bonds is 5. The van der Waals surface area contributed by atoms with Crippen LogP contribution in [0.3, 0.4) is 0 Å². The first kappa shape index (κ1) is 32.9. The van der Waals surface area contributed by atoms with Crippen LogP contribution in [0.15, 0.2) is 192 Å². The minimum absolute atomic E-state index is 0.561. The van der Waals surface area contributed by atoms with Crippen LogP contribution >= 0.6 is 0 Å². The van der Waals surface area contributed by atoms with Crippen LogP contribution in [0.5, 0.6) is 0 Å². The SMILES string of the molecule is N#Cc1cccc(-c2cc(-c3ccccc3)nc(-n3c4ccccc4c4ccc(-c5ccc6c(c5)c5ccccc5n6-c5cccc6c5oc5ccccc56)cc43)n2)c1. The van der Waals surface area contributed by atoms with Crippen LogP contribution in [0.2, 0.25) is 0 Å². The van der Waals surface area contributed by atoms with E-state index in [0.29, 0.717) is 11.5 Å². The molecule has 0 unspecified atom stereocenters. The van der Waals surface area contributed by atoms with Gasteiger partial charge in [0.2, 0.25) is 5.95 Å². The van der Waals surface area contributed by atoms with Crippen molar-refractivity contribution >= 4 is 65.6 Å². The fourth-order valence-electron chi connectivity index (χ4n) is 8.87. The van der Waals surface area contributed by atoms with E-state index in [0.717, 1.165) is 99.5 Å². The molecule has 0 saturated heterocycles. The molecule has 0 aliphatic heterocycles. The third-order valence-electron chi connectivity index (χ3n) is 11.6. The van der Waals surface area contributed by atoms with Crippen molar-refractivity contribution in [3.8, 4) is 51.3 Å². The highest BCUT2D eigenvalue weighted by atomic mass is 16.3. The van der Waals surface area contributed by atoms with Gasteiger partial charge < -0.3 is 8.98 Å². The second kappa shape index (κ2) is 12.9. The van der Waals surface area contributed by atoms with E-state index in [1.807, 2.05) is 60.7 Å². The number of benzene rings is 8. The normalized spacial score (nSPS) is 11.7. The van der Waals surface area contributed by atoms with E-state index < -0.39 is 0 Å². The molecule has 0 aliphatic carbocycles. The molecule has 0 fully saturated rings. The first-order valence-electron chi connectivity index (χ1n) is 19.6. The molecule has 12 aromatic rings. The van der Waals surface area contributed by atoms with E-state index in [1.54, 1.807) is 0 Å². The molecule has 8 aromatic carbocycles. The predicted octanol–water partition coefficient (Wildman–Crippen LogP) is 13.4. The molecule has 0 bridgehead atoms. The lowest BCUT2D eigenvalue weighted by atomic mass is 10.0. The van der Waals surface area contributed by atoms with Gasteiger partial charge in [-0.2, -0.15) is 5.26 Å². The highest BCUT2D eigenvalue weighted by molar-refractivity contribution is 6.14. The molecule has 0 saturated carbocycles. The summed E-state index contributed by atoms with van der Waals surface area (Å²) in [5.41, 5.74) is 13.2. The van der Waals surface area contributed by atoms with Gasteiger partial charge in [-0.05, 0) is 71.8 Å². The third kappa shape index (κ3) is 5.12. The first-order chi connectivity index (χ1) is 29.2. The lowest BCUT2D eigenvalue weighted by Crippen LogP contribution is -2.04. The van der Waals surface area contributed by atoms with E-state index in [9.17, 15) is 5.26 Å². The van der Waals surface area contributed by atoms with Gasteiger partial charge in [-0.3, -0.25) is 4.57 Å².